The van der Waals surface area contributed by atoms with Crippen LogP contribution in [0.4, 0.5) is 5.69 Å². The van der Waals surface area contributed by atoms with E-state index in [-0.39, 0.29) is 24.8 Å². The maximum atomic E-state index is 12.6. The number of hydrogen-bond acceptors (Lipinski definition) is 5. The van der Waals surface area contributed by atoms with Crippen molar-refractivity contribution in [3.05, 3.63) is 24.3 Å². The van der Waals surface area contributed by atoms with Gasteiger partial charge in [0.1, 0.15) is 11.8 Å². The second-order valence-corrected chi connectivity index (χ2v) is 6.91. The summed E-state index contributed by atoms with van der Waals surface area (Å²) in [4.78, 5) is 38.1. The van der Waals surface area contributed by atoms with Crippen molar-refractivity contribution in [2.45, 2.75) is 25.3 Å². The van der Waals surface area contributed by atoms with Gasteiger partial charge >= 0.3 is 5.97 Å². The van der Waals surface area contributed by atoms with Gasteiger partial charge in [0.25, 0.3) is 0 Å². The largest absolute Gasteiger partial charge is 0.497 e. The zero-order valence-electron chi connectivity index (χ0n) is 15.2. The van der Waals surface area contributed by atoms with Crippen LogP contribution >= 0.6 is 0 Å². The van der Waals surface area contributed by atoms with Gasteiger partial charge < -0.3 is 24.8 Å². The van der Waals surface area contributed by atoms with Crippen molar-refractivity contribution in [3.63, 3.8) is 0 Å². The summed E-state index contributed by atoms with van der Waals surface area (Å²) in [6.45, 7) is 1.16. The molecule has 0 aromatic heterocycles. The molecule has 3 rings (SSSR count). The average molecular weight is 376 g/mol. The van der Waals surface area contributed by atoms with Crippen LogP contribution in [0.5, 0.6) is 5.75 Å². The van der Waals surface area contributed by atoms with E-state index in [1.54, 1.807) is 36.3 Å². The molecule has 2 N–H and O–H groups in total. The maximum Gasteiger partial charge on any atom is 0.326 e. The first-order valence-corrected chi connectivity index (χ1v) is 9.05. The molecule has 1 aromatic rings. The molecule has 2 heterocycles. The minimum Gasteiger partial charge on any atom is -0.497 e. The topological polar surface area (TPSA) is 105 Å². The number of carbonyl (C=O) groups is 3. The Hall–Kier alpha value is -2.61. The number of carbonyl (C=O) groups excluding carboxylic acids is 2. The molecule has 146 valence electrons. The number of carboxylic acid groups (broad SMARTS) is 1. The van der Waals surface area contributed by atoms with E-state index >= 15 is 0 Å². The van der Waals surface area contributed by atoms with E-state index in [1.165, 1.54) is 0 Å². The van der Waals surface area contributed by atoms with E-state index < -0.39 is 23.8 Å². The lowest BCUT2D eigenvalue weighted by Gasteiger charge is -2.28. The predicted molar refractivity (Wildman–Crippen MR) is 96.6 cm³/mol. The van der Waals surface area contributed by atoms with Crippen LogP contribution in [0.25, 0.3) is 0 Å². The fourth-order valence-corrected chi connectivity index (χ4v) is 3.58. The van der Waals surface area contributed by atoms with Gasteiger partial charge in [-0.15, -0.1) is 0 Å². The molecule has 0 spiro atoms. The quantitative estimate of drug-likeness (QED) is 0.769. The monoisotopic (exact) mass is 376 g/mol. The SMILES string of the molecule is COc1ccc(N2CC(C(=O)NC(C(=O)O)C3CCCOC3)CC2=O)cc1. The zero-order valence-corrected chi connectivity index (χ0v) is 15.2. The molecule has 2 aliphatic heterocycles. The van der Waals surface area contributed by atoms with Gasteiger partial charge in [0.15, 0.2) is 0 Å². The molecule has 0 radical (unpaired) electrons. The number of benzene rings is 1. The molecule has 3 atom stereocenters. The highest BCUT2D eigenvalue weighted by Crippen LogP contribution is 2.27. The van der Waals surface area contributed by atoms with Gasteiger partial charge in [-0.25, -0.2) is 4.79 Å². The van der Waals surface area contributed by atoms with Gasteiger partial charge in [0, 0.05) is 31.2 Å². The third-order valence-corrected chi connectivity index (χ3v) is 5.11. The number of amides is 2. The van der Waals surface area contributed by atoms with Crippen LogP contribution in [0, 0.1) is 11.8 Å². The van der Waals surface area contributed by atoms with Crippen LogP contribution in [0.3, 0.4) is 0 Å². The van der Waals surface area contributed by atoms with Crippen molar-refractivity contribution in [2.75, 3.05) is 31.8 Å². The standard InChI is InChI=1S/C19H24N2O6/c1-26-15-6-4-14(5-7-15)21-10-13(9-16(21)22)18(23)20-17(19(24)25)12-3-2-8-27-11-12/h4-7,12-13,17H,2-3,8-11H2,1H3,(H,20,23)(H,24,25). The molecule has 2 saturated heterocycles. The summed E-state index contributed by atoms with van der Waals surface area (Å²) >= 11 is 0. The molecule has 1 aromatic carbocycles. The molecule has 0 bridgehead atoms. The van der Waals surface area contributed by atoms with Crippen molar-refractivity contribution in [3.8, 4) is 5.75 Å². The highest BCUT2D eigenvalue weighted by atomic mass is 16.5. The molecule has 2 fully saturated rings. The van der Waals surface area contributed by atoms with Crippen molar-refractivity contribution in [1.82, 2.24) is 5.32 Å². The number of ether oxygens (including phenoxy) is 2. The highest BCUT2D eigenvalue weighted by molar-refractivity contribution is 6.00. The lowest BCUT2D eigenvalue weighted by Crippen LogP contribution is -2.50. The lowest BCUT2D eigenvalue weighted by molar-refractivity contribution is -0.145. The van der Waals surface area contributed by atoms with Gasteiger partial charge in [-0.2, -0.15) is 0 Å². The van der Waals surface area contributed by atoms with Crippen LogP contribution in [-0.2, 0) is 19.1 Å². The molecule has 27 heavy (non-hydrogen) atoms. The van der Waals surface area contributed by atoms with E-state index in [0.717, 1.165) is 6.42 Å². The Bertz CT molecular complexity index is 699. The molecule has 8 nitrogen and oxygen atoms in total. The molecule has 2 amide bonds. The number of rotatable bonds is 6. The number of anilines is 1. The van der Waals surface area contributed by atoms with Crippen LogP contribution in [-0.4, -0.2) is 55.8 Å². The average Bonchev–Trinajstić information content (AvgIpc) is 3.08. The highest BCUT2D eigenvalue weighted by Gasteiger charge is 2.38. The smallest absolute Gasteiger partial charge is 0.326 e. The van der Waals surface area contributed by atoms with E-state index in [0.29, 0.717) is 31.1 Å². The number of methoxy groups -OCH3 is 1. The molecule has 0 aliphatic carbocycles. The summed E-state index contributed by atoms with van der Waals surface area (Å²) in [5, 5.41) is 12.1. The fourth-order valence-electron chi connectivity index (χ4n) is 3.58. The van der Waals surface area contributed by atoms with Gasteiger partial charge in [0.05, 0.1) is 19.6 Å². The second kappa shape index (κ2) is 8.39. The summed E-state index contributed by atoms with van der Waals surface area (Å²) < 4.78 is 10.5. The zero-order chi connectivity index (χ0) is 19.4. The molecule has 0 saturated carbocycles. The number of hydrogen-bond donors (Lipinski definition) is 2. The van der Waals surface area contributed by atoms with Crippen LogP contribution in [0.15, 0.2) is 24.3 Å². The molecular formula is C19H24N2O6. The lowest BCUT2D eigenvalue weighted by atomic mass is 9.93. The van der Waals surface area contributed by atoms with E-state index in [4.69, 9.17) is 9.47 Å². The Morgan fingerprint density at radius 1 is 1.33 bits per heavy atom. The Kier molecular flexibility index (Phi) is 5.95. The summed E-state index contributed by atoms with van der Waals surface area (Å²) in [7, 11) is 1.56. The van der Waals surface area contributed by atoms with Crippen LogP contribution < -0.4 is 15.0 Å². The predicted octanol–water partition coefficient (Wildman–Crippen LogP) is 1.04. The third kappa shape index (κ3) is 4.39. The van der Waals surface area contributed by atoms with Crippen molar-refractivity contribution < 1.29 is 29.0 Å². The van der Waals surface area contributed by atoms with E-state index in [9.17, 15) is 19.5 Å². The van der Waals surface area contributed by atoms with E-state index in [1.807, 2.05) is 0 Å². The minimum absolute atomic E-state index is 0.0609. The number of carboxylic acids is 1. The number of nitrogens with one attached hydrogen (secondary N) is 1. The summed E-state index contributed by atoms with van der Waals surface area (Å²) in [5.74, 6) is -1.79. The number of nitrogens with zero attached hydrogens (tertiary/aromatic N) is 1. The Morgan fingerprint density at radius 3 is 2.67 bits per heavy atom. The molecular weight excluding hydrogens is 352 g/mol. The summed E-state index contributed by atoms with van der Waals surface area (Å²) in [6, 6.07) is 6.02. The molecule has 8 heteroatoms. The van der Waals surface area contributed by atoms with Gasteiger partial charge in [0.2, 0.25) is 11.8 Å². The van der Waals surface area contributed by atoms with Crippen molar-refractivity contribution >= 4 is 23.5 Å². The minimum atomic E-state index is -1.07. The number of aliphatic carboxylic acids is 1. The Labute approximate surface area is 157 Å². The fraction of sp³-hybridized carbons (Fsp3) is 0.526. The summed E-state index contributed by atoms with van der Waals surface area (Å²) in [5.41, 5.74) is 0.687. The van der Waals surface area contributed by atoms with Crippen LogP contribution in [0.2, 0.25) is 0 Å². The first kappa shape index (κ1) is 19.2. The van der Waals surface area contributed by atoms with Crippen LogP contribution in [0.1, 0.15) is 19.3 Å². The first-order chi connectivity index (χ1) is 13.0. The summed E-state index contributed by atoms with van der Waals surface area (Å²) in [6.07, 6.45) is 1.53. The molecule has 2 aliphatic rings. The van der Waals surface area contributed by atoms with Crippen molar-refractivity contribution in [2.24, 2.45) is 11.8 Å². The second-order valence-electron chi connectivity index (χ2n) is 6.91. The van der Waals surface area contributed by atoms with Crippen molar-refractivity contribution in [1.29, 1.82) is 0 Å². The van der Waals surface area contributed by atoms with Gasteiger partial charge in [-0.3, -0.25) is 9.59 Å². The third-order valence-electron chi connectivity index (χ3n) is 5.11. The first-order valence-electron chi connectivity index (χ1n) is 9.05. The van der Waals surface area contributed by atoms with Gasteiger partial charge in [-0.05, 0) is 37.1 Å². The van der Waals surface area contributed by atoms with Gasteiger partial charge in [-0.1, -0.05) is 0 Å². The van der Waals surface area contributed by atoms with E-state index in [2.05, 4.69) is 5.32 Å². The Balaban J connectivity index is 1.64. The Morgan fingerprint density at radius 2 is 2.07 bits per heavy atom. The normalized spacial score (nSPS) is 23.7. The maximum absolute atomic E-state index is 12.6. The molecule has 3 unspecified atom stereocenters.